The molecule has 0 aliphatic rings. The van der Waals surface area contributed by atoms with E-state index in [1.807, 2.05) is 30.3 Å². The van der Waals surface area contributed by atoms with Gasteiger partial charge in [-0.05, 0) is 5.56 Å². The molecule has 0 aliphatic carbocycles. The molecule has 5 nitrogen and oxygen atoms in total. The van der Waals surface area contributed by atoms with Gasteiger partial charge in [0.25, 0.3) is 0 Å². The van der Waals surface area contributed by atoms with Crippen molar-refractivity contribution in [2.75, 3.05) is 59.5 Å². The molecule has 1 aromatic carbocycles. The maximum atomic E-state index is 5.51. The van der Waals surface area contributed by atoms with Gasteiger partial charge in [-0.1, -0.05) is 36.3 Å². The molecule has 128 valence electrons. The van der Waals surface area contributed by atoms with Gasteiger partial charge in [0.15, 0.2) is 0 Å². The Morgan fingerprint density at radius 2 is 1.13 bits per heavy atom. The van der Waals surface area contributed by atoms with Crippen molar-refractivity contribution in [3.63, 3.8) is 0 Å². The third kappa shape index (κ3) is 12.8. The van der Waals surface area contributed by atoms with E-state index in [2.05, 4.69) is 5.92 Å². The van der Waals surface area contributed by atoms with Crippen molar-refractivity contribution >= 4 is 0 Å². The van der Waals surface area contributed by atoms with Crippen LogP contribution in [-0.2, 0) is 30.3 Å². The van der Waals surface area contributed by atoms with Gasteiger partial charge in [0.05, 0.1) is 59.5 Å². The first-order valence-electron chi connectivity index (χ1n) is 7.79. The van der Waals surface area contributed by atoms with Crippen LogP contribution >= 0.6 is 0 Å². The lowest BCUT2D eigenvalue weighted by Crippen LogP contribution is -2.13. The molecule has 0 atom stereocenters. The highest BCUT2D eigenvalue weighted by atomic mass is 16.6. The maximum Gasteiger partial charge on any atom is 0.107 e. The second kappa shape index (κ2) is 15.5. The predicted molar refractivity (Wildman–Crippen MR) is 88.2 cm³/mol. The first kappa shape index (κ1) is 19.6. The molecule has 0 N–H and O–H groups in total. The molecule has 0 radical (unpaired) electrons. The van der Waals surface area contributed by atoms with E-state index in [-0.39, 0.29) is 0 Å². The smallest absolute Gasteiger partial charge is 0.107 e. The van der Waals surface area contributed by atoms with Crippen LogP contribution in [0, 0.1) is 12.3 Å². The third-order valence-corrected chi connectivity index (χ3v) is 2.78. The van der Waals surface area contributed by atoms with Crippen LogP contribution < -0.4 is 0 Å². The van der Waals surface area contributed by atoms with Gasteiger partial charge in [-0.25, -0.2) is 0 Å². The largest absolute Gasteiger partial charge is 0.377 e. The fourth-order valence-corrected chi connectivity index (χ4v) is 1.67. The second-order valence-electron chi connectivity index (χ2n) is 4.63. The zero-order valence-electron chi connectivity index (χ0n) is 13.6. The molecule has 0 aliphatic heterocycles. The minimum atomic E-state index is 0.326. The lowest BCUT2D eigenvalue weighted by Gasteiger charge is -2.07. The average molecular weight is 322 g/mol. The number of hydrogen-bond donors (Lipinski definition) is 0. The fraction of sp³-hybridized carbons (Fsp3) is 0.556. The van der Waals surface area contributed by atoms with Crippen LogP contribution in [0.4, 0.5) is 0 Å². The van der Waals surface area contributed by atoms with Gasteiger partial charge in [0.1, 0.15) is 6.61 Å². The van der Waals surface area contributed by atoms with Gasteiger partial charge in [0, 0.05) is 0 Å². The van der Waals surface area contributed by atoms with Crippen LogP contribution in [0.15, 0.2) is 30.3 Å². The molecular weight excluding hydrogens is 296 g/mol. The molecule has 1 rings (SSSR count). The van der Waals surface area contributed by atoms with E-state index in [9.17, 15) is 0 Å². The topological polar surface area (TPSA) is 46.2 Å². The maximum absolute atomic E-state index is 5.51. The SMILES string of the molecule is C#CCOCCOCCOCCOCCOCc1ccccc1. The Morgan fingerprint density at radius 3 is 1.65 bits per heavy atom. The number of ether oxygens (including phenoxy) is 5. The van der Waals surface area contributed by atoms with Crippen LogP contribution in [-0.4, -0.2) is 59.5 Å². The molecule has 0 fully saturated rings. The average Bonchev–Trinajstić information content (AvgIpc) is 2.59. The monoisotopic (exact) mass is 322 g/mol. The Labute approximate surface area is 138 Å². The minimum absolute atomic E-state index is 0.326. The lowest BCUT2D eigenvalue weighted by molar-refractivity contribution is -0.0107. The van der Waals surface area contributed by atoms with Crippen molar-refractivity contribution in [2.24, 2.45) is 0 Å². The Balaban J connectivity index is 1.73. The Kier molecular flexibility index (Phi) is 13.2. The summed E-state index contributed by atoms with van der Waals surface area (Å²) in [6.45, 7) is 5.32. The van der Waals surface area contributed by atoms with Crippen LogP contribution in [0.25, 0.3) is 0 Å². The molecular formula is C18H26O5. The molecule has 0 heterocycles. The van der Waals surface area contributed by atoms with Crippen molar-refractivity contribution < 1.29 is 23.7 Å². The molecule has 0 bridgehead atoms. The first-order valence-corrected chi connectivity index (χ1v) is 7.79. The molecule has 0 saturated carbocycles. The van der Waals surface area contributed by atoms with Crippen LogP contribution in [0.3, 0.4) is 0 Å². The molecule has 5 heteroatoms. The quantitative estimate of drug-likeness (QED) is 0.365. The zero-order chi connectivity index (χ0) is 16.4. The summed E-state index contributed by atoms with van der Waals surface area (Å²) in [5.41, 5.74) is 1.17. The van der Waals surface area contributed by atoms with Crippen LogP contribution in [0.5, 0.6) is 0 Å². The summed E-state index contributed by atoms with van der Waals surface area (Å²) in [5.74, 6) is 2.39. The normalized spacial score (nSPS) is 10.6. The number of rotatable bonds is 15. The molecule has 1 aromatic rings. The minimum Gasteiger partial charge on any atom is -0.377 e. The van der Waals surface area contributed by atoms with Crippen molar-refractivity contribution in [1.82, 2.24) is 0 Å². The van der Waals surface area contributed by atoms with E-state index in [4.69, 9.17) is 30.1 Å². The molecule has 0 spiro atoms. The van der Waals surface area contributed by atoms with Crippen molar-refractivity contribution in [3.8, 4) is 12.3 Å². The number of benzene rings is 1. The Morgan fingerprint density at radius 1 is 0.652 bits per heavy atom. The van der Waals surface area contributed by atoms with E-state index < -0.39 is 0 Å². The summed E-state index contributed by atoms with van der Waals surface area (Å²) < 4.78 is 26.7. The van der Waals surface area contributed by atoms with E-state index in [0.29, 0.717) is 66.1 Å². The van der Waals surface area contributed by atoms with Crippen molar-refractivity contribution in [2.45, 2.75) is 6.61 Å². The van der Waals surface area contributed by atoms with Crippen LogP contribution in [0.2, 0.25) is 0 Å². The summed E-state index contributed by atoms with van der Waals surface area (Å²) in [6.07, 6.45) is 5.05. The van der Waals surface area contributed by atoms with Gasteiger partial charge in [-0.2, -0.15) is 0 Å². The molecule has 0 amide bonds. The van der Waals surface area contributed by atoms with E-state index in [1.165, 1.54) is 5.56 Å². The molecule has 23 heavy (non-hydrogen) atoms. The van der Waals surface area contributed by atoms with Gasteiger partial charge in [-0.15, -0.1) is 6.42 Å². The third-order valence-electron chi connectivity index (χ3n) is 2.78. The number of terminal acetylenes is 1. The van der Waals surface area contributed by atoms with Crippen LogP contribution in [0.1, 0.15) is 5.56 Å². The van der Waals surface area contributed by atoms with Gasteiger partial charge >= 0.3 is 0 Å². The van der Waals surface area contributed by atoms with Crippen molar-refractivity contribution in [3.05, 3.63) is 35.9 Å². The Bertz CT molecular complexity index is 402. The predicted octanol–water partition coefficient (Wildman–Crippen LogP) is 1.90. The van der Waals surface area contributed by atoms with Gasteiger partial charge in [0.2, 0.25) is 0 Å². The Hall–Kier alpha value is -1.42. The number of hydrogen-bond acceptors (Lipinski definition) is 5. The van der Waals surface area contributed by atoms with E-state index in [0.717, 1.165) is 0 Å². The second-order valence-corrected chi connectivity index (χ2v) is 4.63. The fourth-order valence-electron chi connectivity index (χ4n) is 1.67. The van der Waals surface area contributed by atoms with Gasteiger partial charge < -0.3 is 23.7 Å². The summed E-state index contributed by atoms with van der Waals surface area (Å²) in [6, 6.07) is 10.1. The summed E-state index contributed by atoms with van der Waals surface area (Å²) >= 11 is 0. The molecule has 0 saturated heterocycles. The highest BCUT2D eigenvalue weighted by Gasteiger charge is 1.94. The highest BCUT2D eigenvalue weighted by Crippen LogP contribution is 1.99. The lowest BCUT2D eigenvalue weighted by atomic mass is 10.2. The highest BCUT2D eigenvalue weighted by molar-refractivity contribution is 5.13. The summed E-state index contributed by atoms with van der Waals surface area (Å²) in [7, 11) is 0. The molecule has 0 aromatic heterocycles. The molecule has 0 unspecified atom stereocenters. The van der Waals surface area contributed by atoms with Gasteiger partial charge in [-0.3, -0.25) is 0 Å². The standard InChI is InChI=1S/C18H26O5/c1-2-8-19-9-10-20-11-12-21-13-14-22-15-16-23-17-18-6-4-3-5-7-18/h1,3-7H,8-17H2. The summed E-state index contributed by atoms with van der Waals surface area (Å²) in [4.78, 5) is 0. The summed E-state index contributed by atoms with van der Waals surface area (Å²) in [5, 5.41) is 0. The van der Waals surface area contributed by atoms with Crippen molar-refractivity contribution in [1.29, 1.82) is 0 Å². The van der Waals surface area contributed by atoms with E-state index in [1.54, 1.807) is 0 Å². The first-order chi connectivity index (χ1) is 11.4. The zero-order valence-corrected chi connectivity index (χ0v) is 13.6. The van der Waals surface area contributed by atoms with E-state index >= 15 is 0 Å².